The molecule has 6 rings (SSSR count). The molecular weight excluding hydrogens is 600 g/mol. The Morgan fingerprint density at radius 3 is 2.80 bits per heavy atom. The Bertz CT molecular complexity index is 1600. The van der Waals surface area contributed by atoms with Gasteiger partial charge in [-0.2, -0.15) is 4.98 Å². The van der Waals surface area contributed by atoms with Crippen molar-refractivity contribution in [2.75, 3.05) is 18.1 Å². The van der Waals surface area contributed by atoms with Crippen LogP contribution in [0.25, 0.3) is 22.3 Å². The van der Waals surface area contributed by atoms with E-state index in [4.69, 9.17) is 34.3 Å². The highest BCUT2D eigenvalue weighted by Gasteiger charge is 2.49. The number of nitrogens with one attached hydrogen (secondary N) is 1. The molecule has 2 aliphatic heterocycles. The fourth-order valence-electron chi connectivity index (χ4n) is 4.25. The van der Waals surface area contributed by atoms with Gasteiger partial charge in [0.1, 0.15) is 24.1 Å². The Morgan fingerprint density at radius 2 is 1.98 bits per heavy atom. The van der Waals surface area contributed by atoms with E-state index < -0.39 is 65.5 Å². The molecule has 2 aliphatic rings. The number of rotatable bonds is 3. The van der Waals surface area contributed by atoms with Crippen molar-refractivity contribution in [3.05, 3.63) is 29.3 Å². The topological polar surface area (TPSA) is 226 Å². The van der Waals surface area contributed by atoms with Crippen LogP contribution in [0.3, 0.4) is 0 Å². The summed E-state index contributed by atoms with van der Waals surface area (Å²) in [5, 5.41) is 11.0. The molecule has 2 fully saturated rings. The molecule has 0 saturated carbocycles. The summed E-state index contributed by atoms with van der Waals surface area (Å²) in [7, 11) is -3.22. The largest absolute Gasteiger partial charge is 0.382 e. The fourth-order valence-corrected chi connectivity index (χ4v) is 6.20. The molecule has 4 aromatic heterocycles. The smallest absolute Gasteiger partial charge is 0.280 e. The van der Waals surface area contributed by atoms with Crippen molar-refractivity contribution in [1.82, 2.24) is 39.0 Å². The lowest BCUT2D eigenvalue weighted by atomic mass is 10.1. The van der Waals surface area contributed by atoms with Crippen molar-refractivity contribution in [2.45, 2.75) is 43.3 Å². The number of halogens is 2. The molecule has 0 bridgehead atoms. The number of H-pyrrole nitrogens is 1. The quantitative estimate of drug-likeness (QED) is 0.156. The first-order valence-electron chi connectivity index (χ1n) is 11.3. The van der Waals surface area contributed by atoms with Crippen LogP contribution in [0.1, 0.15) is 12.5 Å². The molecule has 22 heteroatoms. The van der Waals surface area contributed by atoms with Gasteiger partial charge in [-0.05, 0) is 0 Å². The second-order valence-corrected chi connectivity index (χ2v) is 11.1. The third-order valence-corrected chi connectivity index (χ3v) is 8.23. The molecule has 0 spiro atoms. The maximum atomic E-state index is 15.6. The summed E-state index contributed by atoms with van der Waals surface area (Å²) in [5.74, 6) is -0.136. The minimum Gasteiger partial charge on any atom is -0.382 e. The number of hydrogen-bond acceptors (Lipinski definition) is 15. The summed E-state index contributed by atoms with van der Waals surface area (Å²) in [5.41, 5.74) is 11.0. The summed E-state index contributed by atoms with van der Waals surface area (Å²) in [6, 6.07) is 0. The lowest BCUT2D eigenvalue weighted by Crippen LogP contribution is -2.34. The molecule has 9 atom stereocenters. The van der Waals surface area contributed by atoms with Crippen LogP contribution in [0.4, 0.5) is 20.5 Å². The third-order valence-electron chi connectivity index (χ3n) is 6.12. The van der Waals surface area contributed by atoms with Gasteiger partial charge in [0.15, 0.2) is 56.4 Å². The maximum absolute atomic E-state index is 15.6. The van der Waals surface area contributed by atoms with Crippen LogP contribution in [0.5, 0.6) is 0 Å². The highest BCUT2D eigenvalue weighted by molar-refractivity contribution is 8.41. The van der Waals surface area contributed by atoms with Crippen LogP contribution in [0, 0.1) is 0 Å². The normalized spacial score (nSPS) is 31.4. The van der Waals surface area contributed by atoms with E-state index in [0.29, 0.717) is 0 Å². The summed E-state index contributed by atoms with van der Waals surface area (Å²) >= 11 is 4.23. The van der Waals surface area contributed by atoms with Gasteiger partial charge in [0, 0.05) is 0 Å². The second kappa shape index (κ2) is 11.0. The number of aromatic nitrogens is 8. The summed E-state index contributed by atoms with van der Waals surface area (Å²) in [4.78, 5) is 34.3. The van der Waals surface area contributed by atoms with E-state index in [0.717, 1.165) is 10.9 Å². The zero-order valence-electron chi connectivity index (χ0n) is 19.8. The van der Waals surface area contributed by atoms with Crippen molar-refractivity contribution in [3.63, 3.8) is 0 Å². The number of anilines is 2. The van der Waals surface area contributed by atoms with Crippen LogP contribution in [-0.2, 0) is 22.8 Å². The Balaban J connectivity index is 1.22. The second-order valence-electron chi connectivity index (χ2n) is 8.52. The molecule has 17 nitrogen and oxygen atoms in total. The lowest BCUT2D eigenvalue weighted by molar-refractivity contribution is -0.110. The first-order chi connectivity index (χ1) is 19.2. The van der Waals surface area contributed by atoms with E-state index in [9.17, 15) is 9.90 Å². The molecular formula is C18H20F2N10O7P2S. The van der Waals surface area contributed by atoms with E-state index in [1.54, 1.807) is 0 Å². The number of alkyl halides is 2. The van der Waals surface area contributed by atoms with Crippen molar-refractivity contribution in [2.24, 2.45) is 0 Å². The predicted octanol–water partition coefficient (Wildman–Crippen LogP) is 0.628. The molecule has 0 aliphatic carbocycles. The molecule has 6 N–H and O–H groups in total. The zero-order chi connectivity index (χ0) is 28.1. The van der Waals surface area contributed by atoms with Gasteiger partial charge in [0.25, 0.3) is 5.56 Å². The van der Waals surface area contributed by atoms with Crippen molar-refractivity contribution < 1.29 is 36.7 Å². The van der Waals surface area contributed by atoms with Crippen molar-refractivity contribution >= 4 is 63.0 Å². The summed E-state index contributed by atoms with van der Waals surface area (Å²) in [6.45, 7) is -0.272. The van der Waals surface area contributed by atoms with Gasteiger partial charge in [0.05, 0.1) is 19.3 Å². The average Bonchev–Trinajstić information content (AvgIpc) is 3.61. The van der Waals surface area contributed by atoms with Gasteiger partial charge < -0.3 is 34.9 Å². The maximum Gasteiger partial charge on any atom is 0.280 e. The van der Waals surface area contributed by atoms with Crippen molar-refractivity contribution in [3.8, 4) is 0 Å². The molecule has 214 valence electrons. The number of nitrogen functional groups attached to an aromatic ring is 2. The minimum atomic E-state index is -2.32. The number of imidazole rings is 2. The Hall–Kier alpha value is -2.67. The van der Waals surface area contributed by atoms with Crippen LogP contribution < -0.4 is 17.0 Å². The number of aliphatic hydroxyl groups excluding tert-OH is 1. The first kappa shape index (κ1) is 27.5. The Kier molecular flexibility index (Phi) is 7.53. The fraction of sp³-hybridized carbons (Fsp3) is 0.444. The van der Waals surface area contributed by atoms with E-state index in [1.807, 2.05) is 0 Å². The van der Waals surface area contributed by atoms with E-state index in [2.05, 4.69) is 42.2 Å². The first-order valence-corrected chi connectivity index (χ1v) is 14.5. The number of aliphatic hydroxyl groups is 1. The molecule has 4 aromatic rings. The standard InChI is InChI=1S/C18H20F2N10O7P2S/c19-6-9-5(34-17(6)30-4-25-7-12(21)23-2-24-13(7)30)1-33-39(40)37-10(11(20)36-38-35-9)16(32)29-3-26-8-14(29)27-18(22)28-15(8)31/h2-6,9-11,16-17,32,38,40H,1H2,(H2,21,23,24)(H3,22,27,28,31)/t5?,6-,9-,10?,11?,16?,17+,39?/m0/s1. The average molecular weight is 620 g/mol. The van der Waals surface area contributed by atoms with Crippen LogP contribution in [-0.4, -0.2) is 81.6 Å². The highest BCUT2D eigenvalue weighted by atomic mass is 32.7. The highest BCUT2D eigenvalue weighted by Crippen LogP contribution is 2.49. The SMILES string of the molecule is Nc1nc2c(ncn2C(O)C2OP(S)OCC3O[C@@H](n4cnc5c(N)ncnc54)[C@@H](F)[C@H]3OPOC2F)c(=O)[nH]1. The van der Waals surface area contributed by atoms with Gasteiger partial charge >= 0.3 is 0 Å². The molecule has 0 radical (unpaired) electrons. The number of aromatic amines is 1. The van der Waals surface area contributed by atoms with Crippen LogP contribution in [0.2, 0.25) is 0 Å². The van der Waals surface area contributed by atoms with Gasteiger partial charge in [-0.3, -0.25) is 23.4 Å². The lowest BCUT2D eigenvalue weighted by Gasteiger charge is -2.28. The molecule has 0 amide bonds. The van der Waals surface area contributed by atoms with Crippen LogP contribution in [0.15, 0.2) is 23.8 Å². The third kappa shape index (κ3) is 4.88. The summed E-state index contributed by atoms with van der Waals surface area (Å²) in [6.07, 6.45) is -7.58. The molecule has 6 heterocycles. The van der Waals surface area contributed by atoms with Gasteiger partial charge in [-0.1, -0.05) is 12.2 Å². The predicted molar refractivity (Wildman–Crippen MR) is 138 cm³/mol. The number of thiol groups is 1. The summed E-state index contributed by atoms with van der Waals surface area (Å²) < 4.78 is 61.0. The van der Waals surface area contributed by atoms with Gasteiger partial charge in [0.2, 0.25) is 19.9 Å². The number of ether oxygens (including phenoxy) is 1. The molecule has 0 aromatic carbocycles. The van der Waals surface area contributed by atoms with E-state index >= 15 is 8.78 Å². The number of fused-ring (bicyclic) bond motifs is 3. The van der Waals surface area contributed by atoms with Crippen molar-refractivity contribution in [1.29, 1.82) is 0 Å². The van der Waals surface area contributed by atoms with Crippen LogP contribution >= 0.6 is 28.9 Å². The molecule has 2 saturated heterocycles. The van der Waals surface area contributed by atoms with E-state index in [-0.39, 0.29) is 40.7 Å². The molecule has 6 unspecified atom stereocenters. The minimum absolute atomic E-state index is 0.111. The monoisotopic (exact) mass is 620 g/mol. The molecule has 40 heavy (non-hydrogen) atoms. The number of nitrogens with two attached hydrogens (primary N) is 2. The van der Waals surface area contributed by atoms with Gasteiger partial charge in [-0.15, -0.1) is 0 Å². The zero-order valence-corrected chi connectivity index (χ0v) is 22.6. The van der Waals surface area contributed by atoms with E-state index in [1.165, 1.54) is 17.2 Å². The Labute approximate surface area is 229 Å². The number of nitrogens with zero attached hydrogens (tertiary/aromatic N) is 7. The van der Waals surface area contributed by atoms with Gasteiger partial charge in [-0.25, -0.2) is 28.7 Å². The Morgan fingerprint density at radius 1 is 1.18 bits per heavy atom. The number of hydrogen-bond donors (Lipinski definition) is 5.